The summed E-state index contributed by atoms with van der Waals surface area (Å²) >= 11 is 6.72. The molecule has 1 saturated heterocycles. The topological polar surface area (TPSA) is 85.0 Å². The van der Waals surface area contributed by atoms with Gasteiger partial charge in [0.15, 0.2) is 0 Å². The van der Waals surface area contributed by atoms with E-state index in [0.29, 0.717) is 49.0 Å². The van der Waals surface area contributed by atoms with Gasteiger partial charge < -0.3 is 25.2 Å². The van der Waals surface area contributed by atoms with Crippen LogP contribution in [0.5, 0.6) is 5.75 Å². The molecule has 0 spiro atoms. The molecule has 7 heteroatoms. The number of amides is 1. The summed E-state index contributed by atoms with van der Waals surface area (Å²) in [4.78, 5) is 15.0. The molecule has 1 fully saturated rings. The molecule has 3 aromatic rings. The fourth-order valence-electron chi connectivity index (χ4n) is 5.77. The second kappa shape index (κ2) is 15.4. The number of aryl methyl sites for hydroxylation is 1. The number of rotatable bonds is 13. The van der Waals surface area contributed by atoms with Gasteiger partial charge in [-0.25, -0.2) is 0 Å². The lowest BCUT2D eigenvalue weighted by molar-refractivity contribution is 0.0330. The zero-order valence-electron chi connectivity index (χ0n) is 24.2. The molecule has 3 aromatic carbocycles. The highest BCUT2D eigenvalue weighted by Gasteiger charge is 2.29. The van der Waals surface area contributed by atoms with Gasteiger partial charge in [0.2, 0.25) is 0 Å². The van der Waals surface area contributed by atoms with Gasteiger partial charge in [0.05, 0.1) is 12.2 Å². The number of methoxy groups -OCH3 is 1. The lowest BCUT2D eigenvalue weighted by Gasteiger charge is -2.35. The molecule has 41 heavy (non-hydrogen) atoms. The first-order valence-electron chi connectivity index (χ1n) is 14.8. The van der Waals surface area contributed by atoms with Crippen molar-refractivity contribution in [2.45, 2.75) is 57.7 Å². The molecular formula is C34H43ClN2O4. The number of benzene rings is 3. The van der Waals surface area contributed by atoms with Crippen molar-refractivity contribution in [1.29, 1.82) is 0 Å². The molecule has 220 valence electrons. The van der Waals surface area contributed by atoms with Crippen LogP contribution in [0.25, 0.3) is 11.1 Å². The lowest BCUT2D eigenvalue weighted by Crippen LogP contribution is -2.43. The molecule has 0 saturated carbocycles. The highest BCUT2D eigenvalue weighted by Crippen LogP contribution is 2.38. The molecule has 3 N–H and O–H groups in total. The molecule has 1 aliphatic heterocycles. The number of ether oxygens (including phenoxy) is 2. The molecule has 3 atom stereocenters. The van der Waals surface area contributed by atoms with Gasteiger partial charge in [-0.05, 0) is 85.5 Å². The van der Waals surface area contributed by atoms with E-state index in [1.807, 2.05) is 17.0 Å². The van der Waals surface area contributed by atoms with E-state index in [2.05, 4.69) is 37.3 Å². The minimum Gasteiger partial charge on any atom is -0.492 e. The first kappa shape index (κ1) is 31.0. The van der Waals surface area contributed by atoms with Crippen LogP contribution in [0.1, 0.15) is 66.6 Å². The van der Waals surface area contributed by atoms with E-state index in [-0.39, 0.29) is 17.9 Å². The number of likely N-dealkylation sites (tertiary alicyclic amines) is 1. The molecule has 3 unspecified atom stereocenters. The number of nitrogens with zero attached hydrogens (tertiary/aromatic N) is 1. The van der Waals surface area contributed by atoms with Crippen molar-refractivity contribution in [3.8, 4) is 16.9 Å². The Hall–Kier alpha value is -2.90. The standard InChI is InChI=1S/C34H43ClN2O4/c1-3-24-8-4-9-26(22-24)33-29(11-5-12-30(33)35)32(40-2)14-6-13-31(38)27-10-7-20-37(23-27)34(39)25-15-17-28(18-16-25)41-21-19-36/h4-5,8-9,11-12,15-18,22,27,31-32,38H,3,6-7,10,13-14,19-21,23,36H2,1-2H3. The van der Waals surface area contributed by atoms with Crippen molar-refractivity contribution < 1.29 is 19.4 Å². The Kier molecular flexibility index (Phi) is 11.6. The van der Waals surface area contributed by atoms with Crippen molar-refractivity contribution in [2.24, 2.45) is 11.7 Å². The fourth-order valence-corrected chi connectivity index (χ4v) is 6.06. The third-order valence-electron chi connectivity index (χ3n) is 8.04. The second-order valence-corrected chi connectivity index (χ2v) is 11.2. The van der Waals surface area contributed by atoms with Crippen LogP contribution in [0.3, 0.4) is 0 Å². The summed E-state index contributed by atoms with van der Waals surface area (Å²) in [6.45, 7) is 4.30. The van der Waals surface area contributed by atoms with E-state index in [4.69, 9.17) is 26.8 Å². The van der Waals surface area contributed by atoms with E-state index in [1.165, 1.54) is 5.56 Å². The summed E-state index contributed by atoms with van der Waals surface area (Å²) in [7, 11) is 1.73. The van der Waals surface area contributed by atoms with Crippen LogP contribution in [0, 0.1) is 5.92 Å². The van der Waals surface area contributed by atoms with Crippen LogP contribution in [0.2, 0.25) is 5.02 Å². The van der Waals surface area contributed by atoms with Crippen molar-refractivity contribution in [3.05, 3.63) is 88.4 Å². The normalized spacial score (nSPS) is 16.8. The van der Waals surface area contributed by atoms with Crippen molar-refractivity contribution in [3.63, 3.8) is 0 Å². The van der Waals surface area contributed by atoms with Gasteiger partial charge in [0.1, 0.15) is 12.4 Å². The summed E-state index contributed by atoms with van der Waals surface area (Å²) < 4.78 is 11.5. The summed E-state index contributed by atoms with van der Waals surface area (Å²) in [5.41, 5.74) is 10.6. The third-order valence-corrected chi connectivity index (χ3v) is 8.36. The van der Waals surface area contributed by atoms with Crippen LogP contribution in [0.4, 0.5) is 0 Å². The van der Waals surface area contributed by atoms with Crippen LogP contribution in [0.15, 0.2) is 66.7 Å². The molecule has 1 amide bonds. The van der Waals surface area contributed by atoms with Gasteiger partial charge in [0.25, 0.3) is 5.91 Å². The highest BCUT2D eigenvalue weighted by atomic mass is 35.5. The van der Waals surface area contributed by atoms with Gasteiger partial charge in [-0.2, -0.15) is 0 Å². The summed E-state index contributed by atoms with van der Waals surface area (Å²) in [5.74, 6) is 0.749. The van der Waals surface area contributed by atoms with Gasteiger partial charge in [-0.1, -0.05) is 54.9 Å². The zero-order chi connectivity index (χ0) is 29.2. The maximum absolute atomic E-state index is 13.2. The first-order valence-corrected chi connectivity index (χ1v) is 15.1. The number of aliphatic hydroxyl groups excluding tert-OH is 1. The molecule has 0 aromatic heterocycles. The monoisotopic (exact) mass is 578 g/mol. The Morgan fingerprint density at radius 3 is 2.63 bits per heavy atom. The Morgan fingerprint density at radius 1 is 1.12 bits per heavy atom. The quantitative estimate of drug-likeness (QED) is 0.236. The number of hydrogen-bond donors (Lipinski definition) is 2. The molecule has 0 aliphatic carbocycles. The van der Waals surface area contributed by atoms with E-state index in [9.17, 15) is 9.90 Å². The second-order valence-electron chi connectivity index (χ2n) is 10.8. The third kappa shape index (κ3) is 8.10. The molecule has 0 radical (unpaired) electrons. The smallest absolute Gasteiger partial charge is 0.253 e. The van der Waals surface area contributed by atoms with E-state index in [1.54, 1.807) is 31.4 Å². The molecule has 4 rings (SSSR count). The number of carbonyl (C=O) groups is 1. The Labute approximate surface area is 249 Å². The maximum atomic E-state index is 13.2. The largest absolute Gasteiger partial charge is 0.492 e. The van der Waals surface area contributed by atoms with Gasteiger partial charge in [-0.3, -0.25) is 4.79 Å². The summed E-state index contributed by atoms with van der Waals surface area (Å²) in [6.07, 6.45) is 4.36. The van der Waals surface area contributed by atoms with Gasteiger partial charge in [0, 0.05) is 48.8 Å². The first-order chi connectivity index (χ1) is 19.9. The molecule has 0 bridgehead atoms. The Bertz CT molecular complexity index is 1270. The van der Waals surface area contributed by atoms with E-state index < -0.39 is 6.10 Å². The minimum absolute atomic E-state index is 0.00708. The molecule has 1 aliphatic rings. The summed E-state index contributed by atoms with van der Waals surface area (Å²) in [5, 5.41) is 11.8. The molecule has 6 nitrogen and oxygen atoms in total. The van der Waals surface area contributed by atoms with Crippen molar-refractivity contribution in [2.75, 3.05) is 33.4 Å². The summed E-state index contributed by atoms with van der Waals surface area (Å²) in [6, 6.07) is 21.7. The SMILES string of the molecule is CCc1cccc(-c2c(Cl)cccc2C(CCCC(O)C2CCCN(C(=O)c3ccc(OCCN)cc3)C2)OC)c1. The Balaban J connectivity index is 1.35. The van der Waals surface area contributed by atoms with Gasteiger partial charge in [-0.15, -0.1) is 0 Å². The number of hydrogen-bond acceptors (Lipinski definition) is 5. The maximum Gasteiger partial charge on any atom is 0.253 e. The molecular weight excluding hydrogens is 536 g/mol. The number of aliphatic hydroxyl groups is 1. The minimum atomic E-state index is -0.477. The van der Waals surface area contributed by atoms with E-state index >= 15 is 0 Å². The molecule has 1 heterocycles. The van der Waals surface area contributed by atoms with E-state index in [0.717, 1.165) is 48.8 Å². The average Bonchev–Trinajstić information content (AvgIpc) is 3.02. The van der Waals surface area contributed by atoms with Crippen LogP contribution >= 0.6 is 11.6 Å². The number of piperidine rings is 1. The number of nitrogens with two attached hydrogens (primary N) is 1. The van der Waals surface area contributed by atoms with Crippen LogP contribution in [-0.4, -0.2) is 55.4 Å². The zero-order valence-corrected chi connectivity index (χ0v) is 25.0. The Morgan fingerprint density at radius 2 is 1.90 bits per heavy atom. The van der Waals surface area contributed by atoms with Crippen LogP contribution < -0.4 is 10.5 Å². The van der Waals surface area contributed by atoms with Crippen molar-refractivity contribution >= 4 is 17.5 Å². The predicted molar refractivity (Wildman–Crippen MR) is 165 cm³/mol. The fraction of sp³-hybridized carbons (Fsp3) is 0.441. The number of halogens is 1. The highest BCUT2D eigenvalue weighted by molar-refractivity contribution is 6.33. The average molecular weight is 579 g/mol. The van der Waals surface area contributed by atoms with Crippen LogP contribution in [-0.2, 0) is 11.2 Å². The van der Waals surface area contributed by atoms with Gasteiger partial charge >= 0.3 is 0 Å². The number of carbonyl (C=O) groups excluding carboxylic acids is 1. The van der Waals surface area contributed by atoms with Crippen molar-refractivity contribution in [1.82, 2.24) is 4.90 Å². The lowest BCUT2D eigenvalue weighted by atomic mass is 9.88. The predicted octanol–water partition coefficient (Wildman–Crippen LogP) is 6.68.